The standard InChI is InChI=1S/C15H20ClNO6/c1-8(19)17-12-14(21)13(20)11(6-18)23-15(12)22-7-9-4-2-3-5-10(9)16/h2-5,11-15,18,20-21H,6-7H2,1H3,(H,17,19)/t11-,12+,13+,14+,15-/m0/s1. The van der Waals surface area contributed by atoms with E-state index in [0.29, 0.717) is 10.6 Å². The molecule has 0 bridgehead atoms. The Hall–Kier alpha value is -1.22. The number of rotatable bonds is 5. The van der Waals surface area contributed by atoms with Crippen molar-refractivity contribution in [1.82, 2.24) is 5.32 Å². The molecule has 1 aliphatic heterocycles. The summed E-state index contributed by atoms with van der Waals surface area (Å²) in [7, 11) is 0. The van der Waals surface area contributed by atoms with E-state index in [0.717, 1.165) is 0 Å². The zero-order valence-corrected chi connectivity index (χ0v) is 13.3. The van der Waals surface area contributed by atoms with Gasteiger partial charge in [0, 0.05) is 11.9 Å². The molecule has 8 heteroatoms. The molecule has 128 valence electrons. The Morgan fingerprint density at radius 2 is 2.04 bits per heavy atom. The van der Waals surface area contributed by atoms with Crippen LogP contribution in [0.3, 0.4) is 0 Å². The predicted octanol–water partition coefficient (Wildman–Crippen LogP) is -0.200. The number of aliphatic hydroxyl groups excluding tert-OH is 3. The Balaban J connectivity index is 2.11. The molecule has 0 spiro atoms. The fourth-order valence-corrected chi connectivity index (χ4v) is 2.59. The maximum Gasteiger partial charge on any atom is 0.217 e. The van der Waals surface area contributed by atoms with Crippen LogP contribution in [0.15, 0.2) is 24.3 Å². The van der Waals surface area contributed by atoms with Gasteiger partial charge < -0.3 is 30.1 Å². The van der Waals surface area contributed by atoms with E-state index in [2.05, 4.69) is 5.32 Å². The highest BCUT2D eigenvalue weighted by Crippen LogP contribution is 2.24. The lowest BCUT2D eigenvalue weighted by Crippen LogP contribution is -2.64. The first kappa shape index (κ1) is 18.1. The summed E-state index contributed by atoms with van der Waals surface area (Å²) in [6.45, 7) is 0.876. The molecular weight excluding hydrogens is 326 g/mol. The van der Waals surface area contributed by atoms with Crippen LogP contribution in [0.25, 0.3) is 0 Å². The molecule has 1 aromatic carbocycles. The maximum atomic E-state index is 11.3. The van der Waals surface area contributed by atoms with Crippen molar-refractivity contribution in [3.63, 3.8) is 0 Å². The van der Waals surface area contributed by atoms with Crippen LogP contribution < -0.4 is 5.32 Å². The minimum Gasteiger partial charge on any atom is -0.394 e. The van der Waals surface area contributed by atoms with E-state index >= 15 is 0 Å². The molecule has 1 amide bonds. The minimum atomic E-state index is -1.34. The smallest absolute Gasteiger partial charge is 0.217 e. The summed E-state index contributed by atoms with van der Waals surface area (Å²) in [6, 6.07) is 6.10. The molecule has 0 unspecified atom stereocenters. The summed E-state index contributed by atoms with van der Waals surface area (Å²) in [5.74, 6) is -0.404. The summed E-state index contributed by atoms with van der Waals surface area (Å²) in [5.41, 5.74) is 0.709. The molecule has 0 saturated carbocycles. The molecule has 1 fully saturated rings. The molecule has 0 radical (unpaired) electrons. The Morgan fingerprint density at radius 1 is 1.35 bits per heavy atom. The highest BCUT2D eigenvalue weighted by molar-refractivity contribution is 6.31. The second-order valence-electron chi connectivity index (χ2n) is 5.34. The number of carbonyl (C=O) groups is 1. The lowest BCUT2D eigenvalue weighted by atomic mass is 9.97. The highest BCUT2D eigenvalue weighted by Gasteiger charge is 2.45. The van der Waals surface area contributed by atoms with E-state index in [4.69, 9.17) is 21.1 Å². The van der Waals surface area contributed by atoms with E-state index in [1.54, 1.807) is 24.3 Å². The molecular formula is C15H20ClNO6. The number of hydrogen-bond acceptors (Lipinski definition) is 6. The molecule has 2 rings (SSSR count). The average Bonchev–Trinajstić information content (AvgIpc) is 2.52. The van der Waals surface area contributed by atoms with Crippen molar-refractivity contribution in [1.29, 1.82) is 0 Å². The zero-order valence-electron chi connectivity index (χ0n) is 12.6. The van der Waals surface area contributed by atoms with Crippen LogP contribution in [0.4, 0.5) is 0 Å². The van der Waals surface area contributed by atoms with Crippen LogP contribution in [0.2, 0.25) is 5.02 Å². The van der Waals surface area contributed by atoms with Crippen molar-refractivity contribution >= 4 is 17.5 Å². The van der Waals surface area contributed by atoms with Crippen molar-refractivity contribution < 1.29 is 29.6 Å². The summed E-state index contributed by atoms with van der Waals surface area (Å²) in [6.07, 6.45) is -4.71. The topological polar surface area (TPSA) is 108 Å². The molecule has 4 N–H and O–H groups in total. The lowest BCUT2D eigenvalue weighted by molar-refractivity contribution is -0.273. The van der Waals surface area contributed by atoms with E-state index < -0.39 is 43.2 Å². The van der Waals surface area contributed by atoms with E-state index in [9.17, 15) is 20.1 Å². The van der Waals surface area contributed by atoms with Gasteiger partial charge in [0.2, 0.25) is 5.91 Å². The molecule has 0 aromatic heterocycles. The second-order valence-corrected chi connectivity index (χ2v) is 5.74. The van der Waals surface area contributed by atoms with Gasteiger partial charge in [-0.05, 0) is 11.6 Å². The van der Waals surface area contributed by atoms with Gasteiger partial charge in [0.25, 0.3) is 0 Å². The highest BCUT2D eigenvalue weighted by atomic mass is 35.5. The average molecular weight is 346 g/mol. The summed E-state index contributed by atoms with van der Waals surface area (Å²) in [5, 5.41) is 32.3. The van der Waals surface area contributed by atoms with Crippen LogP contribution >= 0.6 is 11.6 Å². The molecule has 1 heterocycles. The second kappa shape index (κ2) is 8.05. The first-order valence-corrected chi connectivity index (χ1v) is 7.56. The Kier molecular flexibility index (Phi) is 6.34. The number of halogens is 1. The monoisotopic (exact) mass is 345 g/mol. The first-order chi connectivity index (χ1) is 10.9. The molecule has 23 heavy (non-hydrogen) atoms. The molecule has 5 atom stereocenters. The van der Waals surface area contributed by atoms with Gasteiger partial charge in [-0.3, -0.25) is 4.79 Å². The number of amides is 1. The lowest BCUT2D eigenvalue weighted by Gasteiger charge is -2.42. The van der Waals surface area contributed by atoms with Crippen LogP contribution in [0.1, 0.15) is 12.5 Å². The number of benzene rings is 1. The van der Waals surface area contributed by atoms with Crippen molar-refractivity contribution in [3.05, 3.63) is 34.9 Å². The van der Waals surface area contributed by atoms with Crippen LogP contribution in [-0.4, -0.2) is 58.5 Å². The van der Waals surface area contributed by atoms with E-state index in [-0.39, 0.29) is 6.61 Å². The van der Waals surface area contributed by atoms with Gasteiger partial charge >= 0.3 is 0 Å². The van der Waals surface area contributed by atoms with Crippen molar-refractivity contribution in [2.45, 2.75) is 44.2 Å². The number of hydrogen-bond donors (Lipinski definition) is 4. The summed E-state index contributed by atoms with van der Waals surface area (Å²) >= 11 is 6.05. The van der Waals surface area contributed by atoms with Crippen molar-refractivity contribution in [2.75, 3.05) is 6.61 Å². The third-order valence-corrected chi connectivity index (χ3v) is 3.98. The van der Waals surface area contributed by atoms with Crippen LogP contribution in [-0.2, 0) is 20.9 Å². The van der Waals surface area contributed by atoms with E-state index in [1.165, 1.54) is 6.92 Å². The Labute approximate surface area is 138 Å². The summed E-state index contributed by atoms with van der Waals surface area (Å²) < 4.78 is 11.1. The number of aliphatic hydroxyl groups is 3. The molecule has 0 aliphatic carbocycles. The fraction of sp³-hybridized carbons (Fsp3) is 0.533. The van der Waals surface area contributed by atoms with Gasteiger partial charge in [-0.15, -0.1) is 0 Å². The van der Waals surface area contributed by atoms with Gasteiger partial charge in [0.05, 0.1) is 13.2 Å². The first-order valence-electron chi connectivity index (χ1n) is 7.18. The SMILES string of the molecule is CC(=O)N[C@H]1[C@@H](OCc2ccccc2Cl)O[C@@H](CO)[C@@H](O)[C@@H]1O. The molecule has 1 saturated heterocycles. The van der Waals surface area contributed by atoms with Crippen molar-refractivity contribution in [3.8, 4) is 0 Å². The van der Waals surface area contributed by atoms with Crippen LogP contribution in [0.5, 0.6) is 0 Å². The predicted molar refractivity (Wildman–Crippen MR) is 81.6 cm³/mol. The van der Waals surface area contributed by atoms with Crippen LogP contribution in [0, 0.1) is 0 Å². The summed E-state index contributed by atoms with van der Waals surface area (Å²) in [4.78, 5) is 11.3. The quantitative estimate of drug-likeness (QED) is 0.588. The van der Waals surface area contributed by atoms with Gasteiger partial charge in [0.15, 0.2) is 6.29 Å². The maximum absolute atomic E-state index is 11.3. The fourth-order valence-electron chi connectivity index (χ4n) is 2.40. The molecule has 7 nitrogen and oxygen atoms in total. The molecule has 1 aromatic rings. The number of nitrogens with one attached hydrogen (secondary N) is 1. The minimum absolute atomic E-state index is 0.0847. The third-order valence-electron chi connectivity index (χ3n) is 3.61. The zero-order chi connectivity index (χ0) is 17.0. The third kappa shape index (κ3) is 4.41. The molecule has 1 aliphatic rings. The van der Waals surface area contributed by atoms with Gasteiger partial charge in [0.1, 0.15) is 24.4 Å². The normalized spacial score (nSPS) is 30.9. The largest absolute Gasteiger partial charge is 0.394 e. The Morgan fingerprint density at radius 3 is 2.65 bits per heavy atom. The van der Waals surface area contributed by atoms with Gasteiger partial charge in [-0.2, -0.15) is 0 Å². The van der Waals surface area contributed by atoms with E-state index in [1.807, 2.05) is 0 Å². The van der Waals surface area contributed by atoms with Crippen molar-refractivity contribution in [2.24, 2.45) is 0 Å². The Bertz CT molecular complexity index is 542. The number of carbonyl (C=O) groups excluding carboxylic acids is 1. The van der Waals surface area contributed by atoms with Gasteiger partial charge in [-0.1, -0.05) is 29.8 Å². The number of ether oxygens (including phenoxy) is 2. The van der Waals surface area contributed by atoms with Gasteiger partial charge in [-0.25, -0.2) is 0 Å².